The standard InChI is InChI=1S/C18H27N3O4S/c1-19(2)26(22,23)21-12-15-3-5-16(13-21)20(11-15)10-14-4-6-17-18(9-14)25-8-7-24-17/h4,6,9,15-16H,3,5,7-8,10-13H2,1-2H3/t15-,16-/m0/s1. The predicted octanol–water partition coefficient (Wildman–Crippen LogP) is 1.16. The first-order valence-corrected chi connectivity index (χ1v) is 10.6. The summed E-state index contributed by atoms with van der Waals surface area (Å²) < 4.78 is 39.4. The van der Waals surface area contributed by atoms with Gasteiger partial charge in [-0.2, -0.15) is 17.0 Å². The Kier molecular flexibility index (Phi) is 4.85. The average molecular weight is 381 g/mol. The van der Waals surface area contributed by atoms with Gasteiger partial charge in [0.2, 0.25) is 0 Å². The lowest BCUT2D eigenvalue weighted by Gasteiger charge is -2.36. The van der Waals surface area contributed by atoms with Crippen molar-refractivity contribution in [2.45, 2.75) is 25.4 Å². The van der Waals surface area contributed by atoms with Crippen LogP contribution in [0.25, 0.3) is 0 Å². The number of rotatable bonds is 4. The van der Waals surface area contributed by atoms with E-state index in [1.807, 2.05) is 6.07 Å². The Balaban J connectivity index is 1.50. The van der Waals surface area contributed by atoms with Crippen LogP contribution >= 0.6 is 0 Å². The van der Waals surface area contributed by atoms with E-state index in [0.717, 1.165) is 37.4 Å². The lowest BCUT2D eigenvalue weighted by Crippen LogP contribution is -2.45. The maximum Gasteiger partial charge on any atom is 0.281 e. The molecule has 2 atom stereocenters. The first-order valence-electron chi connectivity index (χ1n) is 9.23. The van der Waals surface area contributed by atoms with Crippen molar-refractivity contribution in [1.29, 1.82) is 0 Å². The molecule has 7 nitrogen and oxygen atoms in total. The van der Waals surface area contributed by atoms with Crippen LogP contribution in [-0.2, 0) is 16.8 Å². The lowest BCUT2D eigenvalue weighted by atomic mass is 9.94. The second-order valence-corrected chi connectivity index (χ2v) is 9.75. The highest BCUT2D eigenvalue weighted by atomic mass is 32.2. The third-order valence-electron chi connectivity index (χ3n) is 5.57. The summed E-state index contributed by atoms with van der Waals surface area (Å²) in [5.41, 5.74) is 1.18. The molecular formula is C18H27N3O4S. The normalized spacial score (nSPS) is 26.9. The fourth-order valence-electron chi connectivity index (χ4n) is 4.17. The van der Waals surface area contributed by atoms with Crippen molar-refractivity contribution in [3.05, 3.63) is 23.8 Å². The topological polar surface area (TPSA) is 62.3 Å². The molecule has 4 heterocycles. The smallest absolute Gasteiger partial charge is 0.281 e. The van der Waals surface area contributed by atoms with Gasteiger partial charge in [0.25, 0.3) is 10.2 Å². The first-order chi connectivity index (χ1) is 12.4. The number of nitrogens with zero attached hydrogens (tertiary/aromatic N) is 3. The van der Waals surface area contributed by atoms with Crippen LogP contribution in [0.1, 0.15) is 18.4 Å². The van der Waals surface area contributed by atoms with Gasteiger partial charge >= 0.3 is 0 Å². The van der Waals surface area contributed by atoms with Gasteiger partial charge in [0.1, 0.15) is 13.2 Å². The van der Waals surface area contributed by atoms with Crippen molar-refractivity contribution >= 4 is 10.2 Å². The maximum absolute atomic E-state index is 12.6. The molecule has 0 radical (unpaired) electrons. The van der Waals surface area contributed by atoms with E-state index in [0.29, 0.717) is 32.2 Å². The van der Waals surface area contributed by atoms with Crippen LogP contribution in [-0.4, -0.2) is 74.9 Å². The van der Waals surface area contributed by atoms with Gasteiger partial charge in [-0.3, -0.25) is 4.90 Å². The molecule has 0 spiro atoms. The average Bonchev–Trinajstić information content (AvgIpc) is 2.94. The van der Waals surface area contributed by atoms with Crippen molar-refractivity contribution in [3.63, 3.8) is 0 Å². The van der Waals surface area contributed by atoms with E-state index in [4.69, 9.17) is 9.47 Å². The highest BCUT2D eigenvalue weighted by molar-refractivity contribution is 7.86. The van der Waals surface area contributed by atoms with Gasteiger partial charge in [-0.25, -0.2) is 0 Å². The second-order valence-electron chi connectivity index (χ2n) is 7.61. The summed E-state index contributed by atoms with van der Waals surface area (Å²) in [4.78, 5) is 2.44. The fourth-order valence-corrected chi connectivity index (χ4v) is 5.39. The molecule has 0 aromatic heterocycles. The molecule has 3 saturated heterocycles. The monoisotopic (exact) mass is 381 g/mol. The quantitative estimate of drug-likeness (QED) is 0.783. The van der Waals surface area contributed by atoms with E-state index in [9.17, 15) is 8.42 Å². The minimum Gasteiger partial charge on any atom is -0.486 e. The van der Waals surface area contributed by atoms with Gasteiger partial charge in [-0.05, 0) is 36.5 Å². The molecule has 4 aliphatic heterocycles. The molecule has 5 rings (SSSR count). The van der Waals surface area contributed by atoms with Crippen molar-refractivity contribution in [1.82, 2.24) is 13.5 Å². The summed E-state index contributed by atoms with van der Waals surface area (Å²) >= 11 is 0. The molecular weight excluding hydrogens is 354 g/mol. The summed E-state index contributed by atoms with van der Waals surface area (Å²) in [7, 11) is -0.142. The third-order valence-corrected chi connectivity index (χ3v) is 7.45. The van der Waals surface area contributed by atoms with Crippen LogP contribution in [0.5, 0.6) is 11.5 Å². The number of hydrogen-bond acceptors (Lipinski definition) is 5. The summed E-state index contributed by atoms with van der Waals surface area (Å²) in [6, 6.07) is 6.38. The molecule has 4 aliphatic rings. The van der Waals surface area contributed by atoms with Gasteiger partial charge in [0.15, 0.2) is 11.5 Å². The van der Waals surface area contributed by atoms with Gasteiger partial charge in [0.05, 0.1) is 0 Å². The molecule has 1 aromatic carbocycles. The van der Waals surface area contributed by atoms with Gasteiger partial charge in [0, 0.05) is 46.3 Å². The van der Waals surface area contributed by atoms with Gasteiger partial charge in [-0.15, -0.1) is 0 Å². The van der Waals surface area contributed by atoms with E-state index in [-0.39, 0.29) is 6.04 Å². The van der Waals surface area contributed by atoms with E-state index >= 15 is 0 Å². The largest absolute Gasteiger partial charge is 0.486 e. The van der Waals surface area contributed by atoms with Crippen molar-refractivity contribution in [3.8, 4) is 11.5 Å². The molecule has 8 heteroatoms. The van der Waals surface area contributed by atoms with Crippen molar-refractivity contribution < 1.29 is 17.9 Å². The summed E-state index contributed by atoms with van der Waals surface area (Å²) in [6.45, 7) is 4.13. The molecule has 1 aromatic rings. The molecule has 0 unspecified atom stereocenters. The molecule has 26 heavy (non-hydrogen) atoms. The molecule has 0 aliphatic carbocycles. The summed E-state index contributed by atoms with van der Waals surface area (Å²) in [6.07, 6.45) is 2.15. The van der Waals surface area contributed by atoms with E-state index < -0.39 is 10.2 Å². The Morgan fingerprint density at radius 2 is 1.85 bits per heavy atom. The highest BCUT2D eigenvalue weighted by Gasteiger charge is 2.39. The minimum atomic E-state index is -3.35. The minimum absolute atomic E-state index is 0.261. The van der Waals surface area contributed by atoms with Crippen LogP contribution in [0.3, 0.4) is 0 Å². The zero-order valence-corrected chi connectivity index (χ0v) is 16.2. The van der Waals surface area contributed by atoms with Crippen molar-refractivity contribution in [2.75, 3.05) is 46.9 Å². The zero-order valence-electron chi connectivity index (χ0n) is 15.4. The fraction of sp³-hybridized carbons (Fsp3) is 0.667. The highest BCUT2D eigenvalue weighted by Crippen LogP contribution is 2.34. The van der Waals surface area contributed by atoms with Crippen LogP contribution in [0, 0.1) is 5.92 Å². The van der Waals surface area contributed by atoms with Crippen LogP contribution in [0.2, 0.25) is 0 Å². The first kappa shape index (κ1) is 18.0. The molecule has 0 amide bonds. The molecule has 144 valence electrons. The number of piperidine rings is 1. The van der Waals surface area contributed by atoms with Crippen LogP contribution in [0.15, 0.2) is 18.2 Å². The van der Waals surface area contributed by atoms with Gasteiger partial charge < -0.3 is 9.47 Å². The Morgan fingerprint density at radius 3 is 2.62 bits per heavy atom. The summed E-state index contributed by atoms with van der Waals surface area (Å²) in [5.74, 6) is 2.01. The number of fused-ring (bicyclic) bond motifs is 5. The number of benzene rings is 1. The second kappa shape index (κ2) is 6.99. The number of ether oxygens (including phenoxy) is 2. The maximum atomic E-state index is 12.6. The Hall–Kier alpha value is -1.35. The van der Waals surface area contributed by atoms with E-state index in [2.05, 4.69) is 17.0 Å². The predicted molar refractivity (Wildman–Crippen MR) is 98.5 cm³/mol. The molecule has 3 fully saturated rings. The molecule has 0 saturated carbocycles. The van der Waals surface area contributed by atoms with Crippen LogP contribution < -0.4 is 9.47 Å². The Bertz CT molecular complexity index is 768. The Morgan fingerprint density at radius 1 is 1.08 bits per heavy atom. The van der Waals surface area contributed by atoms with E-state index in [1.54, 1.807) is 18.4 Å². The zero-order chi connectivity index (χ0) is 18.3. The van der Waals surface area contributed by atoms with Crippen molar-refractivity contribution in [2.24, 2.45) is 5.92 Å². The number of hydrogen-bond donors (Lipinski definition) is 0. The van der Waals surface area contributed by atoms with Crippen LogP contribution in [0.4, 0.5) is 0 Å². The Labute approximate surface area is 155 Å². The SMILES string of the molecule is CN(C)S(=O)(=O)N1C[C@H]2CC[C@@H](C1)N(Cc1ccc3c(c1)OCCO3)C2. The molecule has 2 bridgehead atoms. The van der Waals surface area contributed by atoms with Gasteiger partial charge in [-0.1, -0.05) is 6.07 Å². The van der Waals surface area contributed by atoms with E-state index in [1.165, 1.54) is 9.87 Å². The third kappa shape index (κ3) is 3.43. The summed E-state index contributed by atoms with van der Waals surface area (Å²) in [5, 5.41) is 0. The lowest BCUT2D eigenvalue weighted by molar-refractivity contribution is 0.124. The molecule has 0 N–H and O–H groups in total.